The van der Waals surface area contributed by atoms with E-state index in [1.54, 1.807) is 18.4 Å². The minimum Gasteiger partial charge on any atom is -0.364 e. The number of amides is 1. The highest BCUT2D eigenvalue weighted by molar-refractivity contribution is 5.76. The van der Waals surface area contributed by atoms with Crippen LogP contribution in [0, 0.1) is 12.7 Å². The number of nitrogens with zero attached hydrogens (tertiary/aromatic N) is 1. The smallest absolute Gasteiger partial charge is 0.220 e. The van der Waals surface area contributed by atoms with Crippen LogP contribution in [0.5, 0.6) is 0 Å². The summed E-state index contributed by atoms with van der Waals surface area (Å²) in [5.74, 6) is -0.403. The first-order chi connectivity index (χ1) is 12.1. The summed E-state index contributed by atoms with van der Waals surface area (Å²) in [5.41, 5.74) is 4.51. The van der Waals surface area contributed by atoms with Crippen LogP contribution < -0.4 is 5.32 Å². The molecule has 1 N–H and O–H groups in total. The van der Waals surface area contributed by atoms with E-state index < -0.39 is 0 Å². The highest BCUT2D eigenvalue weighted by atomic mass is 19.1. The Bertz CT molecular complexity index is 873. The van der Waals surface area contributed by atoms with E-state index >= 15 is 0 Å². The van der Waals surface area contributed by atoms with Gasteiger partial charge in [-0.1, -0.05) is 41.1 Å². The maximum Gasteiger partial charge on any atom is 0.220 e. The van der Waals surface area contributed by atoms with Gasteiger partial charge in [-0.3, -0.25) is 4.79 Å². The summed E-state index contributed by atoms with van der Waals surface area (Å²) in [6.45, 7) is 2.33. The number of aromatic nitrogens is 1. The zero-order valence-corrected chi connectivity index (χ0v) is 14.0. The van der Waals surface area contributed by atoms with Gasteiger partial charge in [0.1, 0.15) is 17.8 Å². The Morgan fingerprint density at radius 2 is 2.04 bits per heavy atom. The fraction of sp³-hybridized carbons (Fsp3) is 0.200. The van der Waals surface area contributed by atoms with Gasteiger partial charge in [0, 0.05) is 24.1 Å². The molecule has 3 aromatic rings. The minimum absolute atomic E-state index is 0.0966. The number of halogens is 1. The quantitative estimate of drug-likeness (QED) is 0.738. The molecule has 0 spiro atoms. The average molecular weight is 338 g/mol. The van der Waals surface area contributed by atoms with Crippen molar-refractivity contribution in [2.24, 2.45) is 0 Å². The summed E-state index contributed by atoms with van der Waals surface area (Å²) in [6, 6.07) is 14.2. The predicted octanol–water partition coefficient (Wildman–Crippen LogP) is 4.04. The van der Waals surface area contributed by atoms with Crippen LogP contribution in [0.15, 0.2) is 59.3 Å². The Morgan fingerprint density at radius 1 is 1.20 bits per heavy atom. The molecule has 0 radical (unpaired) electrons. The van der Waals surface area contributed by atoms with Gasteiger partial charge in [-0.15, -0.1) is 0 Å². The molecule has 0 saturated carbocycles. The van der Waals surface area contributed by atoms with Gasteiger partial charge < -0.3 is 9.84 Å². The molecule has 4 nitrogen and oxygen atoms in total. The first-order valence-electron chi connectivity index (χ1n) is 8.13. The molecule has 0 bridgehead atoms. The van der Waals surface area contributed by atoms with Crippen LogP contribution in [0.1, 0.15) is 23.1 Å². The molecule has 2 aromatic carbocycles. The molecule has 1 amide bonds. The third-order valence-corrected chi connectivity index (χ3v) is 3.93. The van der Waals surface area contributed by atoms with Crippen LogP contribution in [0.25, 0.3) is 11.3 Å². The first kappa shape index (κ1) is 16.9. The molecule has 128 valence electrons. The molecule has 5 heteroatoms. The second kappa shape index (κ2) is 7.75. The molecular formula is C20H19FN2O2. The number of rotatable bonds is 6. The SMILES string of the molecule is Cc1cccc(-c2nocc2CCC(=O)NCc2cccc(F)c2)c1. The van der Waals surface area contributed by atoms with Crippen molar-refractivity contribution in [3.05, 3.63) is 77.3 Å². The van der Waals surface area contributed by atoms with Crippen LogP contribution in [0.2, 0.25) is 0 Å². The molecule has 0 fully saturated rings. The third kappa shape index (κ3) is 4.53. The van der Waals surface area contributed by atoms with Crippen LogP contribution in [0.4, 0.5) is 4.39 Å². The van der Waals surface area contributed by atoms with E-state index in [1.807, 2.05) is 31.2 Å². The Morgan fingerprint density at radius 3 is 2.84 bits per heavy atom. The fourth-order valence-electron chi connectivity index (χ4n) is 2.65. The molecule has 0 saturated heterocycles. The molecule has 0 atom stereocenters. The number of carbonyl (C=O) groups is 1. The number of carbonyl (C=O) groups excluding carboxylic acids is 1. The summed E-state index contributed by atoms with van der Waals surface area (Å²) in [4.78, 5) is 12.0. The second-order valence-corrected chi connectivity index (χ2v) is 5.96. The fourth-order valence-corrected chi connectivity index (χ4v) is 2.65. The Kier molecular flexibility index (Phi) is 5.23. The van der Waals surface area contributed by atoms with Crippen LogP contribution in [0.3, 0.4) is 0 Å². The van der Waals surface area contributed by atoms with Gasteiger partial charge in [0.25, 0.3) is 0 Å². The van der Waals surface area contributed by atoms with Gasteiger partial charge in [0.2, 0.25) is 5.91 Å². The van der Waals surface area contributed by atoms with Crippen molar-refractivity contribution in [3.8, 4) is 11.3 Å². The Hall–Kier alpha value is -2.95. The van der Waals surface area contributed by atoms with Gasteiger partial charge in [-0.05, 0) is 37.1 Å². The van der Waals surface area contributed by atoms with Crippen LogP contribution in [-0.4, -0.2) is 11.1 Å². The molecule has 25 heavy (non-hydrogen) atoms. The van der Waals surface area contributed by atoms with Crippen LogP contribution in [-0.2, 0) is 17.8 Å². The lowest BCUT2D eigenvalue weighted by Crippen LogP contribution is -2.23. The number of hydrogen-bond acceptors (Lipinski definition) is 3. The van der Waals surface area contributed by atoms with Crippen LogP contribution >= 0.6 is 0 Å². The summed E-state index contributed by atoms with van der Waals surface area (Å²) in [6.07, 6.45) is 2.43. The molecular weight excluding hydrogens is 319 g/mol. The van der Waals surface area contributed by atoms with E-state index in [0.29, 0.717) is 19.4 Å². The summed E-state index contributed by atoms with van der Waals surface area (Å²) >= 11 is 0. The number of aryl methyl sites for hydroxylation is 2. The first-order valence-corrected chi connectivity index (χ1v) is 8.13. The monoisotopic (exact) mass is 338 g/mol. The normalized spacial score (nSPS) is 10.6. The molecule has 0 aliphatic rings. The van der Waals surface area contributed by atoms with E-state index in [-0.39, 0.29) is 11.7 Å². The lowest BCUT2D eigenvalue weighted by atomic mass is 10.0. The van der Waals surface area contributed by atoms with Crippen molar-refractivity contribution in [3.63, 3.8) is 0 Å². The molecule has 1 heterocycles. The van der Waals surface area contributed by atoms with Gasteiger partial charge in [0.15, 0.2) is 0 Å². The Balaban J connectivity index is 1.57. The number of hydrogen-bond donors (Lipinski definition) is 1. The van der Waals surface area contributed by atoms with Gasteiger partial charge >= 0.3 is 0 Å². The van der Waals surface area contributed by atoms with Crippen molar-refractivity contribution < 1.29 is 13.7 Å². The van der Waals surface area contributed by atoms with Gasteiger partial charge in [0.05, 0.1) is 0 Å². The number of benzene rings is 2. The third-order valence-electron chi connectivity index (χ3n) is 3.93. The number of nitrogens with one attached hydrogen (secondary N) is 1. The predicted molar refractivity (Wildman–Crippen MR) is 93.2 cm³/mol. The topological polar surface area (TPSA) is 55.1 Å². The summed E-state index contributed by atoms with van der Waals surface area (Å²) < 4.78 is 18.2. The van der Waals surface area contributed by atoms with E-state index in [1.165, 1.54) is 12.1 Å². The summed E-state index contributed by atoms with van der Waals surface area (Å²) in [5, 5.41) is 6.86. The zero-order chi connectivity index (χ0) is 17.6. The highest BCUT2D eigenvalue weighted by Crippen LogP contribution is 2.24. The highest BCUT2D eigenvalue weighted by Gasteiger charge is 2.12. The molecule has 0 aliphatic carbocycles. The van der Waals surface area contributed by atoms with E-state index in [9.17, 15) is 9.18 Å². The molecule has 0 unspecified atom stereocenters. The molecule has 0 aliphatic heterocycles. The van der Waals surface area contributed by atoms with Crippen molar-refractivity contribution in [1.82, 2.24) is 10.5 Å². The Labute approximate surface area is 145 Å². The summed E-state index contributed by atoms with van der Waals surface area (Å²) in [7, 11) is 0. The zero-order valence-electron chi connectivity index (χ0n) is 14.0. The van der Waals surface area contributed by atoms with E-state index in [4.69, 9.17) is 4.52 Å². The lowest BCUT2D eigenvalue weighted by molar-refractivity contribution is -0.121. The van der Waals surface area contributed by atoms with Crippen molar-refractivity contribution in [2.75, 3.05) is 0 Å². The lowest BCUT2D eigenvalue weighted by Gasteiger charge is -2.06. The standard InChI is InChI=1S/C20H19FN2O2/c1-14-4-2-6-16(10-14)20-17(13-25-23-20)8-9-19(24)22-12-15-5-3-7-18(21)11-15/h2-7,10-11,13H,8-9,12H2,1H3,(H,22,24). The molecule has 1 aromatic heterocycles. The van der Waals surface area contributed by atoms with Gasteiger partial charge in [-0.2, -0.15) is 0 Å². The maximum atomic E-state index is 13.1. The minimum atomic E-state index is -0.306. The molecule has 3 rings (SSSR count). The van der Waals surface area contributed by atoms with Gasteiger partial charge in [-0.25, -0.2) is 4.39 Å². The van der Waals surface area contributed by atoms with Crippen molar-refractivity contribution >= 4 is 5.91 Å². The largest absolute Gasteiger partial charge is 0.364 e. The maximum absolute atomic E-state index is 13.1. The average Bonchev–Trinajstić information content (AvgIpc) is 3.07. The van der Waals surface area contributed by atoms with E-state index in [2.05, 4.69) is 10.5 Å². The second-order valence-electron chi connectivity index (χ2n) is 5.96. The van der Waals surface area contributed by atoms with Crippen molar-refractivity contribution in [2.45, 2.75) is 26.3 Å². The van der Waals surface area contributed by atoms with E-state index in [0.717, 1.165) is 27.9 Å². The van der Waals surface area contributed by atoms with Crippen molar-refractivity contribution in [1.29, 1.82) is 0 Å².